The first-order chi connectivity index (χ1) is 16.2. The Balaban J connectivity index is 1.92. The fraction of sp³-hybridized carbons (Fsp3) is 0.200. The van der Waals surface area contributed by atoms with Gasteiger partial charge in [-0.2, -0.15) is 0 Å². The lowest BCUT2D eigenvalue weighted by Gasteiger charge is -2.27. The normalized spacial score (nSPS) is 17.3. The number of nitrogens with zero attached hydrogens (tertiary/aromatic N) is 1. The number of aromatic nitrogens is 2. The molecule has 1 aromatic carbocycles. The number of benzene rings is 1. The van der Waals surface area contributed by atoms with E-state index in [4.69, 9.17) is 16.3 Å². The molecule has 0 bridgehead atoms. The Morgan fingerprint density at radius 1 is 1.24 bits per heavy atom. The molecule has 0 aliphatic carbocycles. The van der Waals surface area contributed by atoms with E-state index < -0.39 is 29.5 Å². The molecule has 34 heavy (non-hydrogen) atoms. The molecule has 174 valence electrons. The Kier molecular flexibility index (Phi) is 6.26. The smallest absolute Gasteiger partial charge is 0.354 e. The second kappa shape index (κ2) is 9.15. The molecule has 1 atom stereocenters. The van der Waals surface area contributed by atoms with E-state index in [1.54, 1.807) is 56.6 Å². The monoisotopic (exact) mass is 479 g/mol. The van der Waals surface area contributed by atoms with Crippen LogP contribution in [-0.4, -0.2) is 34.7 Å². The van der Waals surface area contributed by atoms with Crippen molar-refractivity contribution in [3.05, 3.63) is 93.0 Å². The number of ketones is 1. The zero-order chi connectivity index (χ0) is 24.6. The van der Waals surface area contributed by atoms with Crippen LogP contribution in [0.3, 0.4) is 0 Å². The Bertz CT molecular complexity index is 1330. The lowest BCUT2D eigenvalue weighted by Crippen LogP contribution is -2.29. The van der Waals surface area contributed by atoms with Crippen molar-refractivity contribution in [2.24, 2.45) is 0 Å². The number of likely N-dealkylation sites (tertiary alicyclic amines) is 1. The quantitative estimate of drug-likeness (QED) is 0.261. The van der Waals surface area contributed by atoms with Crippen molar-refractivity contribution in [3.8, 4) is 0 Å². The van der Waals surface area contributed by atoms with Crippen LogP contribution in [0.4, 0.5) is 0 Å². The van der Waals surface area contributed by atoms with E-state index in [9.17, 15) is 19.5 Å². The predicted molar refractivity (Wildman–Crippen MR) is 121 cm³/mol. The molecule has 1 aliphatic heterocycles. The molecule has 4 rings (SSSR count). The maximum atomic E-state index is 13.8. The Labute approximate surface area is 200 Å². The summed E-state index contributed by atoms with van der Waals surface area (Å²) in [6.45, 7) is 3.32. The van der Waals surface area contributed by atoms with Crippen molar-refractivity contribution >= 4 is 35.0 Å². The fourth-order valence-corrected chi connectivity index (χ4v) is 4.51. The number of ether oxygens (including phenoxy) is 1. The summed E-state index contributed by atoms with van der Waals surface area (Å²) in [5.74, 6) is -2.91. The molecule has 1 amide bonds. The second-order valence-electron chi connectivity index (χ2n) is 7.99. The number of nitrogens with one attached hydrogen (secondary N) is 2. The third-order valence-electron chi connectivity index (χ3n) is 5.87. The molecule has 0 radical (unpaired) electrons. The maximum absolute atomic E-state index is 13.8. The van der Waals surface area contributed by atoms with Crippen molar-refractivity contribution in [3.63, 3.8) is 0 Å². The van der Waals surface area contributed by atoms with Gasteiger partial charge < -0.3 is 19.7 Å². The Morgan fingerprint density at radius 3 is 2.65 bits per heavy atom. The first kappa shape index (κ1) is 23.3. The van der Waals surface area contributed by atoms with Crippen LogP contribution in [-0.2, 0) is 20.9 Å². The predicted octanol–water partition coefficient (Wildman–Crippen LogP) is 2.31. The van der Waals surface area contributed by atoms with Crippen LogP contribution < -0.4 is 10.1 Å². The van der Waals surface area contributed by atoms with Gasteiger partial charge >= 0.3 is 5.97 Å². The molecule has 0 spiro atoms. The van der Waals surface area contributed by atoms with Crippen LogP contribution in [0.25, 0.3) is 5.76 Å². The molecule has 3 heterocycles. The lowest BCUT2D eigenvalue weighted by molar-refractivity contribution is -0.378. The number of amides is 1. The number of rotatable bonds is 5. The molecule has 0 saturated carbocycles. The number of Topliss-reactive ketones (excluding diaryl/α,β-unsaturated/α-hetero) is 1. The number of methoxy groups -OCH3 is 1. The molecule has 8 nitrogen and oxygen atoms in total. The minimum Gasteiger partial charge on any atom is -0.872 e. The highest BCUT2D eigenvalue weighted by Gasteiger charge is 2.44. The summed E-state index contributed by atoms with van der Waals surface area (Å²) in [6, 6.07) is 9.37. The van der Waals surface area contributed by atoms with Crippen molar-refractivity contribution in [2.45, 2.75) is 26.4 Å². The van der Waals surface area contributed by atoms with Gasteiger partial charge in [0.15, 0.2) is 12.4 Å². The number of aryl methyl sites for hydroxylation is 1. The van der Waals surface area contributed by atoms with E-state index in [1.807, 2.05) is 6.07 Å². The van der Waals surface area contributed by atoms with Crippen molar-refractivity contribution in [2.75, 3.05) is 7.11 Å². The average Bonchev–Trinajstić information content (AvgIpc) is 3.26. The number of hydrogen-bond donors (Lipinski definition) is 1. The van der Waals surface area contributed by atoms with Gasteiger partial charge in [-0.05, 0) is 48.7 Å². The standard InChI is InChI=1S/C25H22ClN3O5/c1-13-18(14(2)28-20(13)25(33)34-3)22(30)19-21(16-7-4-8-17(26)10-16)29(24(32)23(19)31)12-15-6-5-9-27-11-15/h4-11,21,28,30H,12H2,1-3H3/b22-19+. The van der Waals surface area contributed by atoms with Crippen LogP contribution in [0, 0.1) is 13.8 Å². The highest BCUT2D eigenvalue weighted by atomic mass is 35.5. The van der Waals surface area contributed by atoms with Gasteiger partial charge in [0.05, 0.1) is 19.7 Å². The van der Waals surface area contributed by atoms with Crippen LogP contribution in [0.15, 0.2) is 54.4 Å². The van der Waals surface area contributed by atoms with Gasteiger partial charge in [0.25, 0.3) is 5.91 Å². The number of halogens is 1. The average molecular weight is 480 g/mol. The molecule has 2 N–H and O–H groups in total. The first-order valence-electron chi connectivity index (χ1n) is 10.5. The van der Waals surface area contributed by atoms with Gasteiger partial charge in [-0.25, -0.2) is 9.78 Å². The number of carbonyl (C=O) groups is 3. The minimum absolute atomic E-state index is 0.106. The van der Waals surface area contributed by atoms with E-state index in [0.29, 0.717) is 21.8 Å². The fourth-order valence-electron chi connectivity index (χ4n) is 4.31. The summed E-state index contributed by atoms with van der Waals surface area (Å²) in [5, 5.41) is 14.2. The van der Waals surface area contributed by atoms with E-state index in [1.165, 1.54) is 12.0 Å². The first-order valence-corrected chi connectivity index (χ1v) is 10.9. The second-order valence-corrected chi connectivity index (χ2v) is 8.43. The molecule has 1 unspecified atom stereocenters. The highest BCUT2D eigenvalue weighted by Crippen LogP contribution is 2.41. The van der Waals surface area contributed by atoms with Gasteiger partial charge in [-0.3, -0.25) is 9.59 Å². The van der Waals surface area contributed by atoms with E-state index in [0.717, 1.165) is 5.56 Å². The summed E-state index contributed by atoms with van der Waals surface area (Å²) in [7, 11) is 1.24. The maximum Gasteiger partial charge on any atom is 0.354 e. The summed E-state index contributed by atoms with van der Waals surface area (Å²) >= 11 is 6.21. The molecule has 2 aromatic heterocycles. The third-order valence-corrected chi connectivity index (χ3v) is 6.11. The molecule has 1 fully saturated rings. The molecule has 1 saturated heterocycles. The number of hydrogen-bond acceptors (Lipinski definition) is 5. The van der Waals surface area contributed by atoms with Crippen molar-refractivity contribution in [1.29, 1.82) is 0 Å². The molecule has 1 aliphatic rings. The molecular formula is C25H22ClN3O5. The van der Waals surface area contributed by atoms with Gasteiger partial charge in [0, 0.05) is 27.9 Å². The number of H-pyrrole nitrogens is 2. The molecule has 9 heteroatoms. The lowest BCUT2D eigenvalue weighted by atomic mass is 9.94. The largest absolute Gasteiger partial charge is 0.872 e. The van der Waals surface area contributed by atoms with Crippen molar-refractivity contribution in [1.82, 2.24) is 9.88 Å². The Morgan fingerprint density at radius 2 is 2.00 bits per heavy atom. The highest BCUT2D eigenvalue weighted by molar-refractivity contribution is 6.46. The summed E-state index contributed by atoms with van der Waals surface area (Å²) in [4.78, 5) is 45.7. The summed E-state index contributed by atoms with van der Waals surface area (Å²) in [5.41, 5.74) is 2.14. The molecule has 3 aromatic rings. The van der Waals surface area contributed by atoms with Crippen LogP contribution in [0.1, 0.15) is 44.5 Å². The number of aromatic amines is 2. The number of esters is 1. The van der Waals surface area contributed by atoms with Gasteiger partial charge in [-0.15, -0.1) is 0 Å². The van der Waals surface area contributed by atoms with Gasteiger partial charge in [0.1, 0.15) is 5.69 Å². The zero-order valence-corrected chi connectivity index (χ0v) is 19.5. The van der Waals surface area contributed by atoms with E-state index >= 15 is 0 Å². The summed E-state index contributed by atoms with van der Waals surface area (Å²) in [6.07, 6.45) is 3.45. The van der Waals surface area contributed by atoms with E-state index in [-0.39, 0.29) is 23.4 Å². The van der Waals surface area contributed by atoms with Gasteiger partial charge in [0.2, 0.25) is 5.78 Å². The van der Waals surface area contributed by atoms with Crippen LogP contribution in [0.2, 0.25) is 5.02 Å². The van der Waals surface area contributed by atoms with E-state index in [2.05, 4.69) is 9.97 Å². The number of pyridine rings is 1. The van der Waals surface area contributed by atoms with Crippen LogP contribution >= 0.6 is 11.6 Å². The Hall–Kier alpha value is -3.91. The van der Waals surface area contributed by atoms with Crippen molar-refractivity contribution < 1.29 is 29.2 Å². The minimum atomic E-state index is -0.943. The number of carbonyl (C=O) groups excluding carboxylic acids is 3. The SMILES string of the molecule is COC(=O)c1[nH]c(C)c(/C([O-])=C2\C(=O)C(=O)N(Cc3ccc[nH+]c3)C2c2cccc(Cl)c2)c1C. The zero-order valence-electron chi connectivity index (χ0n) is 18.8. The summed E-state index contributed by atoms with van der Waals surface area (Å²) < 4.78 is 4.78. The van der Waals surface area contributed by atoms with Gasteiger partial charge in [-0.1, -0.05) is 29.5 Å². The molecular weight excluding hydrogens is 458 g/mol. The topological polar surface area (TPSA) is 117 Å². The van der Waals surface area contributed by atoms with Crippen LogP contribution in [0.5, 0.6) is 0 Å². The third kappa shape index (κ3) is 3.97.